The maximum Gasteiger partial charge on any atom is 0.249 e. The molecule has 1 saturated carbocycles. The lowest BCUT2D eigenvalue weighted by Gasteiger charge is -2.59. The summed E-state index contributed by atoms with van der Waals surface area (Å²) in [6.07, 6.45) is 3.32. The van der Waals surface area contributed by atoms with Gasteiger partial charge in [-0.3, -0.25) is 0 Å². The number of nitrogens with one attached hydrogen (secondary N) is 1. The Morgan fingerprint density at radius 1 is 0.943 bits per heavy atom. The van der Waals surface area contributed by atoms with Crippen LogP contribution in [0.4, 0.5) is 32.2 Å². The van der Waals surface area contributed by atoms with Crippen LogP contribution in [0.3, 0.4) is 0 Å². The van der Waals surface area contributed by atoms with E-state index in [2.05, 4.69) is 30.4 Å². The first-order chi connectivity index (χ1) is 16.8. The third kappa shape index (κ3) is 4.02. The molecular formula is C24H23F2N9. The fraction of sp³-hybridized carbons (Fsp3) is 0.292. The van der Waals surface area contributed by atoms with Crippen LogP contribution in [0.5, 0.6) is 0 Å². The number of hydrogen-bond acceptors (Lipinski definition) is 8. The van der Waals surface area contributed by atoms with Crippen LogP contribution >= 0.6 is 0 Å². The van der Waals surface area contributed by atoms with Crippen molar-refractivity contribution in [2.24, 2.45) is 12.5 Å². The Hall–Kier alpha value is -4.15. The van der Waals surface area contributed by atoms with Gasteiger partial charge in [-0.2, -0.15) is 4.98 Å². The van der Waals surface area contributed by atoms with Crippen LogP contribution in [0.25, 0.3) is 22.6 Å². The minimum Gasteiger partial charge on any atom is -0.368 e. The molecule has 2 aliphatic rings. The van der Waals surface area contributed by atoms with E-state index in [1.807, 2.05) is 48.3 Å². The normalized spacial score (nSPS) is 17.6. The summed E-state index contributed by atoms with van der Waals surface area (Å²) in [6, 6.07) is 13.3. The van der Waals surface area contributed by atoms with Crippen molar-refractivity contribution >= 4 is 23.4 Å². The van der Waals surface area contributed by atoms with Crippen LogP contribution < -0.4 is 16.0 Å². The van der Waals surface area contributed by atoms with E-state index >= 15 is 0 Å². The number of nitrogens with zero attached hydrogens (tertiary/aromatic N) is 7. The Kier molecular flexibility index (Phi) is 4.70. The number of rotatable bonds is 5. The summed E-state index contributed by atoms with van der Waals surface area (Å²) >= 11 is 0. The highest BCUT2D eigenvalue weighted by Crippen LogP contribution is 2.57. The molecule has 0 bridgehead atoms. The van der Waals surface area contributed by atoms with Crippen LogP contribution in [-0.2, 0) is 7.05 Å². The molecule has 11 heteroatoms. The van der Waals surface area contributed by atoms with Crippen molar-refractivity contribution in [1.29, 1.82) is 0 Å². The smallest absolute Gasteiger partial charge is 0.249 e. The zero-order chi connectivity index (χ0) is 24.2. The summed E-state index contributed by atoms with van der Waals surface area (Å²) in [5, 5.41) is 7.77. The molecule has 1 aromatic carbocycles. The summed E-state index contributed by atoms with van der Waals surface area (Å²) in [5.74, 6) is -0.350. The molecule has 2 fully saturated rings. The molecule has 0 amide bonds. The van der Waals surface area contributed by atoms with Gasteiger partial charge in [-0.05, 0) is 30.3 Å². The second-order valence-corrected chi connectivity index (χ2v) is 9.36. The minimum atomic E-state index is -2.49. The largest absolute Gasteiger partial charge is 0.368 e. The maximum absolute atomic E-state index is 13.2. The molecule has 1 aliphatic carbocycles. The van der Waals surface area contributed by atoms with Crippen molar-refractivity contribution in [1.82, 2.24) is 29.7 Å². The Balaban J connectivity index is 1.12. The third-order valence-electron chi connectivity index (χ3n) is 6.52. The highest BCUT2D eigenvalue weighted by Gasteiger charge is 2.61. The third-order valence-corrected chi connectivity index (χ3v) is 6.52. The minimum absolute atomic E-state index is 0.0137. The number of alkyl halides is 2. The first kappa shape index (κ1) is 21.4. The number of benzene rings is 1. The number of pyridine rings is 1. The van der Waals surface area contributed by atoms with Gasteiger partial charge >= 0.3 is 0 Å². The van der Waals surface area contributed by atoms with Gasteiger partial charge in [-0.25, -0.2) is 28.4 Å². The summed E-state index contributed by atoms with van der Waals surface area (Å²) in [5.41, 5.74) is 8.74. The van der Waals surface area contributed by atoms with Gasteiger partial charge in [0.25, 0.3) is 0 Å². The predicted octanol–water partition coefficient (Wildman–Crippen LogP) is 3.90. The molecule has 9 nitrogen and oxygen atoms in total. The predicted molar refractivity (Wildman–Crippen MR) is 128 cm³/mol. The average molecular weight is 476 g/mol. The molecule has 6 rings (SSSR count). The highest BCUT2D eigenvalue weighted by molar-refractivity contribution is 5.66. The number of halogens is 2. The van der Waals surface area contributed by atoms with Crippen molar-refractivity contribution in [2.45, 2.75) is 18.8 Å². The SMILES string of the molecule is Cn1nc(-c2ccc(N3CC4(C3)CC(F)(F)C4)nc2)nc1Nc1ccc(-c2ccnc(N)n2)cc1. The Morgan fingerprint density at radius 3 is 2.34 bits per heavy atom. The molecule has 4 aromatic rings. The van der Waals surface area contributed by atoms with Gasteiger partial charge in [0.05, 0.1) is 5.69 Å². The molecule has 3 aromatic heterocycles. The van der Waals surface area contributed by atoms with Crippen molar-refractivity contribution in [2.75, 3.05) is 29.0 Å². The molecule has 0 atom stereocenters. The molecule has 1 aliphatic heterocycles. The molecule has 178 valence electrons. The quantitative estimate of drug-likeness (QED) is 0.447. The number of hydrogen-bond donors (Lipinski definition) is 2. The highest BCUT2D eigenvalue weighted by atomic mass is 19.3. The van der Waals surface area contributed by atoms with Crippen LogP contribution in [0.2, 0.25) is 0 Å². The van der Waals surface area contributed by atoms with Crippen molar-refractivity contribution in [3.63, 3.8) is 0 Å². The molecule has 1 saturated heterocycles. The maximum atomic E-state index is 13.2. The summed E-state index contributed by atoms with van der Waals surface area (Å²) in [7, 11) is 1.81. The summed E-state index contributed by atoms with van der Waals surface area (Å²) in [4.78, 5) is 19.3. The van der Waals surface area contributed by atoms with E-state index in [1.165, 1.54) is 0 Å². The lowest BCUT2D eigenvalue weighted by atomic mass is 9.61. The Bertz CT molecular complexity index is 1370. The van der Waals surface area contributed by atoms with E-state index in [0.29, 0.717) is 24.9 Å². The van der Waals surface area contributed by atoms with Crippen molar-refractivity contribution in [3.05, 3.63) is 54.9 Å². The second kappa shape index (κ2) is 7.69. The van der Waals surface area contributed by atoms with Gasteiger partial charge in [-0.1, -0.05) is 12.1 Å². The van der Waals surface area contributed by atoms with Crippen LogP contribution in [-0.4, -0.2) is 48.7 Å². The molecule has 1 spiro atoms. The monoisotopic (exact) mass is 475 g/mol. The van der Waals surface area contributed by atoms with E-state index in [4.69, 9.17) is 5.73 Å². The zero-order valence-corrected chi connectivity index (χ0v) is 19.0. The number of nitrogens with two attached hydrogens (primary N) is 1. The lowest BCUT2D eigenvalue weighted by Crippen LogP contribution is -2.66. The van der Waals surface area contributed by atoms with E-state index in [-0.39, 0.29) is 24.2 Å². The van der Waals surface area contributed by atoms with Crippen LogP contribution in [0.1, 0.15) is 12.8 Å². The first-order valence-electron chi connectivity index (χ1n) is 11.2. The number of aromatic nitrogens is 6. The van der Waals surface area contributed by atoms with Crippen molar-refractivity contribution in [3.8, 4) is 22.6 Å². The summed E-state index contributed by atoms with van der Waals surface area (Å²) < 4.78 is 28.1. The second-order valence-electron chi connectivity index (χ2n) is 9.36. The van der Waals surface area contributed by atoms with Crippen LogP contribution in [0.15, 0.2) is 54.9 Å². The van der Waals surface area contributed by atoms with E-state index in [9.17, 15) is 8.78 Å². The fourth-order valence-electron chi connectivity index (χ4n) is 4.90. The number of nitrogen functional groups attached to an aromatic ring is 1. The number of aryl methyl sites for hydroxylation is 1. The molecule has 35 heavy (non-hydrogen) atoms. The molecule has 0 radical (unpaired) electrons. The molecule has 0 unspecified atom stereocenters. The van der Waals surface area contributed by atoms with E-state index < -0.39 is 5.92 Å². The molecule has 4 heterocycles. The lowest BCUT2D eigenvalue weighted by molar-refractivity contribution is -0.170. The number of anilines is 4. The molecule has 3 N–H and O–H groups in total. The van der Waals surface area contributed by atoms with Crippen molar-refractivity contribution < 1.29 is 8.78 Å². The molecular weight excluding hydrogens is 452 g/mol. The van der Waals surface area contributed by atoms with Gasteiger partial charge in [0.15, 0.2) is 5.82 Å². The van der Waals surface area contributed by atoms with Gasteiger partial charge < -0.3 is 16.0 Å². The average Bonchev–Trinajstić information content (AvgIpc) is 3.16. The van der Waals surface area contributed by atoms with Gasteiger partial charge in [0.2, 0.25) is 17.8 Å². The topological polar surface area (TPSA) is 111 Å². The standard InChI is InChI=1S/C24H23F2N9/c1-34-22(30-17-5-2-15(3-6-17)18-8-9-28-21(27)31-18)32-20(33-34)16-4-7-19(29-10-16)35-13-23(14-35)11-24(25,26)12-23/h2-10H,11-14H2,1H3,(H2,27,28,31)(H,30,32,33). The van der Waals surface area contributed by atoms with Gasteiger partial charge in [-0.15, -0.1) is 5.10 Å². The summed E-state index contributed by atoms with van der Waals surface area (Å²) in [6.45, 7) is 1.27. The van der Waals surface area contributed by atoms with E-state index in [0.717, 1.165) is 28.3 Å². The van der Waals surface area contributed by atoms with Crippen LogP contribution in [0, 0.1) is 5.41 Å². The Morgan fingerprint density at radius 2 is 1.69 bits per heavy atom. The van der Waals surface area contributed by atoms with Gasteiger partial charge in [0, 0.05) is 67.6 Å². The van der Waals surface area contributed by atoms with E-state index in [1.54, 1.807) is 23.1 Å². The Labute approximate surface area is 200 Å². The fourth-order valence-corrected chi connectivity index (χ4v) is 4.90. The van der Waals surface area contributed by atoms with Gasteiger partial charge in [0.1, 0.15) is 5.82 Å². The zero-order valence-electron chi connectivity index (χ0n) is 19.0. The first-order valence-corrected chi connectivity index (χ1v) is 11.2.